The van der Waals surface area contributed by atoms with Crippen LogP contribution in [0.3, 0.4) is 0 Å². The maximum atomic E-state index is 12.9. The first-order valence-corrected chi connectivity index (χ1v) is 9.43. The minimum atomic E-state index is -0.527. The number of aromatic amines is 1. The van der Waals surface area contributed by atoms with E-state index in [2.05, 4.69) is 22.2 Å². The average Bonchev–Trinajstić information content (AvgIpc) is 2.65. The lowest BCUT2D eigenvalue weighted by molar-refractivity contribution is -0.136. The van der Waals surface area contributed by atoms with Gasteiger partial charge in [-0.25, -0.2) is 9.78 Å². The summed E-state index contributed by atoms with van der Waals surface area (Å²) in [5.41, 5.74) is 2.10. The van der Waals surface area contributed by atoms with Crippen molar-refractivity contribution in [2.75, 3.05) is 18.2 Å². The fourth-order valence-corrected chi connectivity index (χ4v) is 3.78. The van der Waals surface area contributed by atoms with E-state index in [9.17, 15) is 9.59 Å². The van der Waals surface area contributed by atoms with Crippen molar-refractivity contribution >= 4 is 23.5 Å². The zero-order valence-electron chi connectivity index (χ0n) is 15.0. The molecule has 2 heterocycles. The fraction of sp³-hybridized carbons (Fsp3) is 0.316. The molecule has 7 heteroatoms. The van der Waals surface area contributed by atoms with E-state index in [0.29, 0.717) is 27.8 Å². The predicted molar refractivity (Wildman–Crippen MR) is 102 cm³/mol. The molecule has 1 atom stereocenters. The number of esters is 1. The van der Waals surface area contributed by atoms with Crippen molar-refractivity contribution in [2.45, 2.75) is 31.3 Å². The van der Waals surface area contributed by atoms with Crippen LogP contribution in [-0.2, 0) is 9.53 Å². The van der Waals surface area contributed by atoms with Gasteiger partial charge >= 0.3 is 5.97 Å². The van der Waals surface area contributed by atoms with Crippen LogP contribution >= 0.6 is 11.8 Å². The highest BCUT2D eigenvalue weighted by atomic mass is 32.2. The molecule has 1 aromatic carbocycles. The van der Waals surface area contributed by atoms with Gasteiger partial charge in [0.15, 0.2) is 5.16 Å². The fourth-order valence-electron chi connectivity index (χ4n) is 3.06. The minimum absolute atomic E-state index is 0.246. The van der Waals surface area contributed by atoms with Gasteiger partial charge < -0.3 is 15.0 Å². The Bertz CT molecular complexity index is 906. The van der Waals surface area contributed by atoms with Crippen LogP contribution in [-0.4, -0.2) is 28.8 Å². The Morgan fingerprint density at radius 1 is 1.31 bits per heavy atom. The molecule has 0 amide bonds. The number of carbonyl (C=O) groups is 1. The first kappa shape index (κ1) is 18.3. The number of aromatic nitrogens is 2. The van der Waals surface area contributed by atoms with Gasteiger partial charge in [0, 0.05) is 11.4 Å². The Morgan fingerprint density at radius 3 is 2.69 bits per heavy atom. The lowest BCUT2D eigenvalue weighted by atomic mass is 9.82. The van der Waals surface area contributed by atoms with Crippen LogP contribution in [0.25, 0.3) is 0 Å². The van der Waals surface area contributed by atoms with Gasteiger partial charge in [-0.05, 0) is 18.9 Å². The number of allylic oxidation sites excluding steroid dienone is 1. The molecule has 0 unspecified atom stereocenters. The number of nitrogens with one attached hydrogen (secondary N) is 2. The maximum Gasteiger partial charge on any atom is 0.336 e. The molecule has 3 rings (SSSR count). The van der Waals surface area contributed by atoms with E-state index >= 15 is 0 Å². The summed E-state index contributed by atoms with van der Waals surface area (Å²) in [6.45, 7) is 3.87. The van der Waals surface area contributed by atoms with Crippen LogP contribution in [0.2, 0.25) is 0 Å². The molecule has 0 radical (unpaired) electrons. The van der Waals surface area contributed by atoms with Crippen LogP contribution in [0.4, 0.5) is 5.82 Å². The number of hydrogen-bond donors (Lipinski definition) is 2. The van der Waals surface area contributed by atoms with Crippen LogP contribution in [0.5, 0.6) is 0 Å². The zero-order valence-corrected chi connectivity index (χ0v) is 15.8. The Balaban J connectivity index is 2.19. The van der Waals surface area contributed by atoms with Gasteiger partial charge in [-0.2, -0.15) is 0 Å². The number of rotatable bonds is 5. The second-order valence-electron chi connectivity index (χ2n) is 5.98. The van der Waals surface area contributed by atoms with Crippen LogP contribution in [0, 0.1) is 0 Å². The number of anilines is 1. The molecule has 1 aromatic heterocycles. The SMILES string of the molecule is CCCSc1nc2c(c(=O)[nH]1)[C@H](c1ccccc1)C(C(=O)OC)=C(C)N2. The van der Waals surface area contributed by atoms with Gasteiger partial charge in [-0.1, -0.05) is 49.0 Å². The Labute approximate surface area is 156 Å². The normalized spacial score (nSPS) is 16.0. The topological polar surface area (TPSA) is 84.1 Å². The van der Waals surface area contributed by atoms with E-state index in [4.69, 9.17) is 4.74 Å². The number of fused-ring (bicyclic) bond motifs is 1. The van der Waals surface area contributed by atoms with Crippen molar-refractivity contribution in [3.63, 3.8) is 0 Å². The number of thioether (sulfide) groups is 1. The number of benzene rings is 1. The van der Waals surface area contributed by atoms with E-state index in [-0.39, 0.29) is 5.56 Å². The first-order chi connectivity index (χ1) is 12.6. The number of hydrogen-bond acceptors (Lipinski definition) is 6. The van der Waals surface area contributed by atoms with E-state index < -0.39 is 11.9 Å². The third-order valence-electron chi connectivity index (χ3n) is 4.20. The van der Waals surface area contributed by atoms with E-state index in [1.807, 2.05) is 30.3 Å². The van der Waals surface area contributed by atoms with Gasteiger partial charge in [0.1, 0.15) is 5.82 Å². The highest BCUT2D eigenvalue weighted by molar-refractivity contribution is 7.99. The van der Waals surface area contributed by atoms with Crippen molar-refractivity contribution in [1.29, 1.82) is 0 Å². The summed E-state index contributed by atoms with van der Waals surface area (Å²) in [4.78, 5) is 32.7. The molecule has 0 saturated carbocycles. The number of ether oxygens (including phenoxy) is 1. The molecule has 26 heavy (non-hydrogen) atoms. The van der Waals surface area contributed by atoms with Crippen molar-refractivity contribution in [2.24, 2.45) is 0 Å². The molecule has 2 aromatic rings. The molecule has 0 bridgehead atoms. The first-order valence-electron chi connectivity index (χ1n) is 8.44. The standard InChI is InChI=1S/C19H21N3O3S/c1-4-10-26-19-21-16-15(17(23)22-19)14(12-8-6-5-7-9-12)13(11(2)20-16)18(24)25-3/h5-9,14H,4,10H2,1-3H3,(H2,20,21,22,23)/t14-/m1/s1. The van der Waals surface area contributed by atoms with Crippen molar-refractivity contribution in [3.05, 3.63) is 63.1 Å². The van der Waals surface area contributed by atoms with E-state index in [0.717, 1.165) is 17.7 Å². The Hall–Kier alpha value is -2.54. The summed E-state index contributed by atoms with van der Waals surface area (Å²) in [6.07, 6.45) is 0.983. The van der Waals surface area contributed by atoms with Gasteiger partial charge in [0.25, 0.3) is 5.56 Å². The lowest BCUT2D eigenvalue weighted by Gasteiger charge is -2.28. The highest BCUT2D eigenvalue weighted by Crippen LogP contribution is 2.39. The van der Waals surface area contributed by atoms with Crippen molar-refractivity contribution < 1.29 is 9.53 Å². The molecule has 0 fully saturated rings. The molecule has 0 aliphatic carbocycles. The summed E-state index contributed by atoms with van der Waals surface area (Å²) in [7, 11) is 1.34. The highest BCUT2D eigenvalue weighted by Gasteiger charge is 2.36. The lowest BCUT2D eigenvalue weighted by Crippen LogP contribution is -2.30. The second-order valence-corrected chi connectivity index (χ2v) is 7.06. The number of nitrogens with zero attached hydrogens (tertiary/aromatic N) is 1. The average molecular weight is 371 g/mol. The van der Waals surface area contributed by atoms with Crippen LogP contribution < -0.4 is 10.9 Å². The van der Waals surface area contributed by atoms with Crippen molar-refractivity contribution in [3.8, 4) is 0 Å². The summed E-state index contributed by atoms with van der Waals surface area (Å²) >= 11 is 1.50. The molecule has 6 nitrogen and oxygen atoms in total. The van der Waals surface area contributed by atoms with Crippen LogP contribution in [0.1, 0.15) is 37.3 Å². The summed E-state index contributed by atoms with van der Waals surface area (Å²) < 4.78 is 4.97. The van der Waals surface area contributed by atoms with E-state index in [1.54, 1.807) is 6.92 Å². The van der Waals surface area contributed by atoms with Gasteiger partial charge in [-0.3, -0.25) is 4.79 Å². The zero-order chi connectivity index (χ0) is 18.7. The number of carbonyl (C=O) groups excluding carboxylic acids is 1. The van der Waals surface area contributed by atoms with Crippen molar-refractivity contribution in [1.82, 2.24) is 9.97 Å². The minimum Gasteiger partial charge on any atom is -0.466 e. The molecular weight excluding hydrogens is 350 g/mol. The number of methoxy groups -OCH3 is 1. The summed E-state index contributed by atoms with van der Waals surface area (Å²) in [5.74, 6) is 0.373. The van der Waals surface area contributed by atoms with Gasteiger partial charge in [-0.15, -0.1) is 0 Å². The molecule has 136 valence electrons. The molecule has 2 N–H and O–H groups in total. The largest absolute Gasteiger partial charge is 0.466 e. The van der Waals surface area contributed by atoms with Crippen LogP contribution in [0.15, 0.2) is 51.6 Å². The second kappa shape index (κ2) is 7.78. The molecular formula is C19H21N3O3S. The van der Waals surface area contributed by atoms with Gasteiger partial charge in [0.2, 0.25) is 0 Å². The monoisotopic (exact) mass is 371 g/mol. The smallest absolute Gasteiger partial charge is 0.336 e. The summed E-state index contributed by atoms with van der Waals surface area (Å²) in [5, 5.41) is 3.69. The number of H-pyrrole nitrogens is 1. The third-order valence-corrected chi connectivity index (χ3v) is 5.28. The van der Waals surface area contributed by atoms with E-state index in [1.165, 1.54) is 18.9 Å². The predicted octanol–water partition coefficient (Wildman–Crippen LogP) is 3.28. The maximum absolute atomic E-state index is 12.9. The van der Waals surface area contributed by atoms with Gasteiger partial charge in [0.05, 0.1) is 24.2 Å². The molecule has 1 aliphatic heterocycles. The molecule has 0 spiro atoms. The third kappa shape index (κ3) is 3.39. The molecule has 0 saturated heterocycles. The quantitative estimate of drug-likeness (QED) is 0.477. The molecule has 1 aliphatic rings. The summed E-state index contributed by atoms with van der Waals surface area (Å²) in [6, 6.07) is 9.46. The Morgan fingerprint density at radius 2 is 2.04 bits per heavy atom. The Kier molecular flexibility index (Phi) is 5.46.